The molecule has 0 saturated carbocycles. The van der Waals surface area contributed by atoms with Gasteiger partial charge in [-0.1, -0.05) is 61.0 Å². The third-order valence-electron chi connectivity index (χ3n) is 3.36. The maximum Gasteiger partial charge on any atom is 0.230 e. The maximum absolute atomic E-state index is 12.1. The lowest BCUT2D eigenvalue weighted by atomic mass is 10.0. The zero-order chi connectivity index (χ0) is 15.8. The zero-order valence-corrected chi connectivity index (χ0v) is 14.2. The largest absolute Gasteiger partial charge is 0.349 e. The predicted octanol–water partition coefficient (Wildman–Crippen LogP) is 4.84. The van der Waals surface area contributed by atoms with Gasteiger partial charge in [-0.2, -0.15) is 0 Å². The molecule has 0 heterocycles. The summed E-state index contributed by atoms with van der Waals surface area (Å²) in [4.78, 5) is 12.1. The predicted molar refractivity (Wildman–Crippen MR) is 95.2 cm³/mol. The first-order valence-corrected chi connectivity index (χ1v) is 8.88. The number of hydrogen-bond acceptors (Lipinski definition) is 2. The van der Waals surface area contributed by atoms with Crippen LogP contribution in [-0.4, -0.2) is 11.7 Å². The van der Waals surface area contributed by atoms with E-state index in [0.29, 0.717) is 10.8 Å². The van der Waals surface area contributed by atoms with E-state index in [4.69, 9.17) is 11.6 Å². The Morgan fingerprint density at radius 3 is 2.45 bits per heavy atom. The Hall–Kier alpha value is -1.45. The Morgan fingerprint density at radius 2 is 1.82 bits per heavy atom. The monoisotopic (exact) mass is 333 g/mol. The number of benzene rings is 2. The van der Waals surface area contributed by atoms with Crippen LogP contribution >= 0.6 is 23.4 Å². The number of hydrogen-bond donors (Lipinski definition) is 1. The molecular formula is C18H20ClNOS. The van der Waals surface area contributed by atoms with E-state index in [1.54, 1.807) is 11.8 Å². The van der Waals surface area contributed by atoms with Crippen LogP contribution in [0.2, 0.25) is 5.02 Å². The lowest BCUT2D eigenvalue weighted by Crippen LogP contribution is -2.29. The molecule has 0 aliphatic carbocycles. The van der Waals surface area contributed by atoms with E-state index in [0.717, 1.165) is 17.7 Å². The Labute approximate surface area is 141 Å². The lowest BCUT2D eigenvalue weighted by Gasteiger charge is -2.17. The smallest absolute Gasteiger partial charge is 0.230 e. The van der Waals surface area contributed by atoms with Crippen molar-refractivity contribution in [3.05, 3.63) is 70.7 Å². The highest BCUT2D eigenvalue weighted by molar-refractivity contribution is 7.99. The summed E-state index contributed by atoms with van der Waals surface area (Å²) < 4.78 is 0. The van der Waals surface area contributed by atoms with Crippen LogP contribution in [0, 0.1) is 0 Å². The van der Waals surface area contributed by atoms with Crippen molar-refractivity contribution in [1.82, 2.24) is 5.32 Å². The summed E-state index contributed by atoms with van der Waals surface area (Å²) in [6, 6.07) is 17.9. The fraction of sp³-hybridized carbons (Fsp3) is 0.278. The second-order valence-corrected chi connectivity index (χ2v) is 6.48. The van der Waals surface area contributed by atoms with Crippen molar-refractivity contribution in [1.29, 1.82) is 0 Å². The fourth-order valence-electron chi connectivity index (χ4n) is 2.19. The van der Waals surface area contributed by atoms with Crippen molar-refractivity contribution in [2.45, 2.75) is 25.1 Å². The molecule has 1 unspecified atom stereocenters. The molecule has 0 aromatic heterocycles. The SMILES string of the molecule is CCC(NC(=O)CSCc1ccccc1)c1ccc(Cl)cc1. The standard InChI is InChI=1S/C18H20ClNOS/c1-2-17(15-8-10-16(19)11-9-15)20-18(21)13-22-12-14-6-4-3-5-7-14/h3-11,17H,2,12-13H2,1H3,(H,20,21). The van der Waals surface area contributed by atoms with Gasteiger partial charge in [-0.25, -0.2) is 0 Å². The van der Waals surface area contributed by atoms with Crippen LogP contribution in [0.15, 0.2) is 54.6 Å². The van der Waals surface area contributed by atoms with Crippen molar-refractivity contribution in [2.24, 2.45) is 0 Å². The Balaban J connectivity index is 1.81. The molecule has 2 rings (SSSR count). The van der Waals surface area contributed by atoms with Gasteiger partial charge in [0.05, 0.1) is 11.8 Å². The highest BCUT2D eigenvalue weighted by atomic mass is 35.5. The first kappa shape index (κ1) is 16.9. The Kier molecular flexibility index (Phi) is 6.81. The third-order valence-corrected chi connectivity index (χ3v) is 4.62. The summed E-state index contributed by atoms with van der Waals surface area (Å²) in [5.41, 5.74) is 2.33. The highest BCUT2D eigenvalue weighted by Gasteiger charge is 2.12. The number of rotatable bonds is 7. The van der Waals surface area contributed by atoms with Crippen molar-refractivity contribution >= 4 is 29.3 Å². The van der Waals surface area contributed by atoms with Crippen LogP contribution in [0.5, 0.6) is 0 Å². The van der Waals surface area contributed by atoms with E-state index in [1.807, 2.05) is 42.5 Å². The van der Waals surface area contributed by atoms with Crippen molar-refractivity contribution in [2.75, 3.05) is 5.75 Å². The number of carbonyl (C=O) groups is 1. The molecule has 0 spiro atoms. The molecule has 0 fully saturated rings. The van der Waals surface area contributed by atoms with Gasteiger partial charge in [-0.3, -0.25) is 4.79 Å². The number of thioether (sulfide) groups is 1. The number of nitrogens with one attached hydrogen (secondary N) is 1. The Bertz CT molecular complexity index is 586. The molecule has 2 nitrogen and oxygen atoms in total. The van der Waals surface area contributed by atoms with Gasteiger partial charge >= 0.3 is 0 Å². The molecule has 4 heteroatoms. The second kappa shape index (κ2) is 8.86. The average molecular weight is 334 g/mol. The quantitative estimate of drug-likeness (QED) is 0.785. The van der Waals surface area contributed by atoms with Crippen LogP contribution in [0.25, 0.3) is 0 Å². The van der Waals surface area contributed by atoms with Gasteiger partial charge < -0.3 is 5.32 Å². The molecule has 0 aliphatic rings. The van der Waals surface area contributed by atoms with Gasteiger partial charge in [0, 0.05) is 10.8 Å². The highest BCUT2D eigenvalue weighted by Crippen LogP contribution is 2.19. The van der Waals surface area contributed by atoms with E-state index >= 15 is 0 Å². The molecular weight excluding hydrogens is 314 g/mol. The first-order chi connectivity index (χ1) is 10.7. The van der Waals surface area contributed by atoms with Gasteiger partial charge in [0.15, 0.2) is 0 Å². The van der Waals surface area contributed by atoms with Crippen molar-refractivity contribution < 1.29 is 4.79 Å². The second-order valence-electron chi connectivity index (χ2n) is 5.06. The topological polar surface area (TPSA) is 29.1 Å². The van der Waals surface area contributed by atoms with Crippen LogP contribution in [0.1, 0.15) is 30.5 Å². The van der Waals surface area contributed by atoms with Gasteiger partial charge in [0.25, 0.3) is 0 Å². The van der Waals surface area contributed by atoms with Gasteiger partial charge in [-0.05, 0) is 29.7 Å². The maximum atomic E-state index is 12.1. The van der Waals surface area contributed by atoms with Crippen LogP contribution in [0.4, 0.5) is 0 Å². The van der Waals surface area contributed by atoms with Gasteiger partial charge in [0.2, 0.25) is 5.91 Å². The minimum absolute atomic E-state index is 0.0436. The summed E-state index contributed by atoms with van der Waals surface area (Å²) in [6.45, 7) is 2.07. The van der Waals surface area contributed by atoms with E-state index in [-0.39, 0.29) is 11.9 Å². The minimum atomic E-state index is 0.0436. The normalized spacial score (nSPS) is 11.9. The molecule has 0 radical (unpaired) electrons. The van der Waals surface area contributed by atoms with Crippen LogP contribution in [0.3, 0.4) is 0 Å². The number of amides is 1. The lowest BCUT2D eigenvalue weighted by molar-refractivity contribution is -0.119. The third kappa shape index (κ3) is 5.39. The summed E-state index contributed by atoms with van der Waals surface area (Å²) in [5.74, 6) is 1.40. The molecule has 1 atom stereocenters. The van der Waals surface area contributed by atoms with Crippen LogP contribution < -0.4 is 5.32 Å². The van der Waals surface area contributed by atoms with Gasteiger partial charge in [0.1, 0.15) is 0 Å². The van der Waals surface area contributed by atoms with E-state index in [9.17, 15) is 4.79 Å². The summed E-state index contributed by atoms with van der Waals surface area (Å²) in [7, 11) is 0. The van der Waals surface area contributed by atoms with E-state index < -0.39 is 0 Å². The van der Waals surface area contributed by atoms with E-state index in [1.165, 1.54) is 5.56 Å². The average Bonchev–Trinajstić information content (AvgIpc) is 2.54. The summed E-state index contributed by atoms with van der Waals surface area (Å²) >= 11 is 7.53. The fourth-order valence-corrected chi connectivity index (χ4v) is 3.11. The summed E-state index contributed by atoms with van der Waals surface area (Å²) in [6.07, 6.45) is 0.858. The minimum Gasteiger partial charge on any atom is -0.349 e. The molecule has 22 heavy (non-hydrogen) atoms. The molecule has 0 aliphatic heterocycles. The summed E-state index contributed by atoms with van der Waals surface area (Å²) in [5, 5.41) is 3.80. The Morgan fingerprint density at radius 1 is 1.14 bits per heavy atom. The molecule has 0 bridgehead atoms. The molecule has 1 N–H and O–H groups in total. The molecule has 1 amide bonds. The molecule has 116 valence electrons. The first-order valence-electron chi connectivity index (χ1n) is 7.35. The van der Waals surface area contributed by atoms with Crippen LogP contribution in [-0.2, 0) is 10.5 Å². The van der Waals surface area contributed by atoms with E-state index in [2.05, 4.69) is 24.4 Å². The zero-order valence-electron chi connectivity index (χ0n) is 12.6. The molecule has 2 aromatic rings. The number of carbonyl (C=O) groups excluding carboxylic acids is 1. The van der Waals surface area contributed by atoms with Gasteiger partial charge in [-0.15, -0.1) is 11.8 Å². The van der Waals surface area contributed by atoms with Crippen molar-refractivity contribution in [3.8, 4) is 0 Å². The number of halogens is 1. The molecule has 0 saturated heterocycles. The molecule has 2 aromatic carbocycles. The van der Waals surface area contributed by atoms with Crippen molar-refractivity contribution in [3.63, 3.8) is 0 Å².